The second-order valence-corrected chi connectivity index (χ2v) is 4.13. The molecule has 2 nitrogen and oxygen atoms in total. The highest BCUT2D eigenvalue weighted by atomic mass is 16.3. The van der Waals surface area contributed by atoms with Gasteiger partial charge in [-0.1, -0.05) is 36.8 Å². The van der Waals surface area contributed by atoms with E-state index in [0.29, 0.717) is 12.6 Å². The zero-order valence-electron chi connectivity index (χ0n) is 9.83. The maximum Gasteiger partial charge on any atom is 0.0636 e. The van der Waals surface area contributed by atoms with E-state index in [-0.39, 0.29) is 6.10 Å². The second kappa shape index (κ2) is 5.89. The third-order valence-electron chi connectivity index (χ3n) is 2.55. The number of aryl methyl sites for hydroxylation is 1. The smallest absolute Gasteiger partial charge is 0.0636 e. The van der Waals surface area contributed by atoms with E-state index in [4.69, 9.17) is 0 Å². The number of nitrogens with one attached hydrogen (secondary N) is 1. The van der Waals surface area contributed by atoms with E-state index in [9.17, 15) is 5.11 Å². The van der Waals surface area contributed by atoms with Gasteiger partial charge in [-0.2, -0.15) is 0 Å². The average Bonchev–Trinajstić information content (AvgIpc) is 2.21. The third kappa shape index (κ3) is 4.02. The fourth-order valence-corrected chi connectivity index (χ4v) is 1.61. The molecule has 0 unspecified atom stereocenters. The highest BCUT2D eigenvalue weighted by Gasteiger charge is 2.08. The number of aliphatic hydroxyl groups excluding tert-OH is 1. The first-order valence-electron chi connectivity index (χ1n) is 5.61. The van der Waals surface area contributed by atoms with Gasteiger partial charge < -0.3 is 10.4 Å². The van der Waals surface area contributed by atoms with Crippen molar-refractivity contribution < 1.29 is 5.11 Å². The molecule has 1 aromatic carbocycles. The van der Waals surface area contributed by atoms with Crippen LogP contribution in [0.15, 0.2) is 24.3 Å². The lowest BCUT2D eigenvalue weighted by molar-refractivity contribution is 0.185. The summed E-state index contributed by atoms with van der Waals surface area (Å²) in [6.07, 6.45) is 0.750. The van der Waals surface area contributed by atoms with Crippen LogP contribution in [0.25, 0.3) is 0 Å². The normalized spacial score (nSPS) is 14.9. The van der Waals surface area contributed by atoms with Crippen molar-refractivity contribution in [1.82, 2.24) is 5.32 Å². The van der Waals surface area contributed by atoms with Gasteiger partial charge in [-0.3, -0.25) is 0 Å². The van der Waals surface area contributed by atoms with E-state index in [1.165, 1.54) is 11.1 Å². The van der Waals surface area contributed by atoms with Gasteiger partial charge in [-0.05, 0) is 25.8 Å². The van der Waals surface area contributed by atoms with Gasteiger partial charge in [0.05, 0.1) is 6.10 Å². The van der Waals surface area contributed by atoms with Crippen LogP contribution in [-0.4, -0.2) is 17.8 Å². The maximum absolute atomic E-state index is 9.23. The first-order valence-corrected chi connectivity index (χ1v) is 5.61. The van der Waals surface area contributed by atoms with Crippen molar-refractivity contribution in [2.24, 2.45) is 0 Å². The summed E-state index contributed by atoms with van der Waals surface area (Å²) in [6, 6.07) is 8.90. The van der Waals surface area contributed by atoms with Crippen molar-refractivity contribution in [2.45, 2.75) is 39.3 Å². The lowest BCUT2D eigenvalue weighted by Gasteiger charge is -2.18. The summed E-state index contributed by atoms with van der Waals surface area (Å²) in [5, 5.41) is 12.6. The van der Waals surface area contributed by atoms with Gasteiger partial charge in [0, 0.05) is 12.6 Å². The first-order chi connectivity index (χ1) is 7.13. The predicted octanol–water partition coefficient (Wildman–Crippen LogP) is 2.42. The second-order valence-electron chi connectivity index (χ2n) is 4.13. The van der Waals surface area contributed by atoms with Crippen molar-refractivity contribution >= 4 is 0 Å². The monoisotopic (exact) mass is 207 g/mol. The van der Waals surface area contributed by atoms with E-state index in [2.05, 4.69) is 43.4 Å². The molecule has 0 radical (unpaired) electrons. The molecule has 0 spiro atoms. The summed E-state index contributed by atoms with van der Waals surface area (Å²) < 4.78 is 0. The Bertz CT molecular complexity index is 279. The average molecular weight is 207 g/mol. The zero-order chi connectivity index (χ0) is 11.3. The van der Waals surface area contributed by atoms with Crippen molar-refractivity contribution in [3.8, 4) is 0 Å². The van der Waals surface area contributed by atoms with Crippen molar-refractivity contribution in [1.29, 1.82) is 0 Å². The molecule has 2 heteroatoms. The van der Waals surface area contributed by atoms with E-state index in [0.717, 1.165) is 6.42 Å². The fourth-order valence-electron chi connectivity index (χ4n) is 1.61. The van der Waals surface area contributed by atoms with Crippen LogP contribution in [0.1, 0.15) is 37.4 Å². The Kier molecular flexibility index (Phi) is 4.79. The van der Waals surface area contributed by atoms with Gasteiger partial charge in [0.25, 0.3) is 0 Å². The van der Waals surface area contributed by atoms with Gasteiger partial charge in [0.15, 0.2) is 0 Å². The summed E-state index contributed by atoms with van der Waals surface area (Å²) in [5.74, 6) is 0. The van der Waals surface area contributed by atoms with E-state index in [1.807, 2.05) is 0 Å². The van der Waals surface area contributed by atoms with Crippen LogP contribution in [0.2, 0.25) is 0 Å². The molecule has 0 aliphatic rings. The molecule has 15 heavy (non-hydrogen) atoms. The molecule has 0 aliphatic heterocycles. The van der Waals surface area contributed by atoms with Crippen LogP contribution >= 0.6 is 0 Å². The largest absolute Gasteiger partial charge is 0.392 e. The Balaban J connectivity index is 2.61. The molecule has 0 saturated carbocycles. The quantitative estimate of drug-likeness (QED) is 0.777. The molecule has 0 heterocycles. The molecule has 0 bridgehead atoms. The summed E-state index contributed by atoms with van der Waals surface area (Å²) in [6.45, 7) is 6.69. The van der Waals surface area contributed by atoms with Crippen molar-refractivity contribution in [2.75, 3.05) is 6.54 Å². The lowest BCUT2D eigenvalue weighted by atomic mass is 10.0. The van der Waals surface area contributed by atoms with Crippen LogP contribution in [0, 0.1) is 6.92 Å². The molecule has 1 aromatic rings. The number of benzene rings is 1. The Morgan fingerprint density at radius 1 is 1.27 bits per heavy atom. The minimum Gasteiger partial charge on any atom is -0.392 e. The van der Waals surface area contributed by atoms with Crippen LogP contribution < -0.4 is 5.32 Å². The van der Waals surface area contributed by atoms with E-state index < -0.39 is 0 Å². The van der Waals surface area contributed by atoms with E-state index in [1.54, 1.807) is 6.92 Å². The fraction of sp³-hybridized carbons (Fsp3) is 0.538. The number of aliphatic hydroxyl groups is 1. The van der Waals surface area contributed by atoms with Gasteiger partial charge in [-0.25, -0.2) is 0 Å². The third-order valence-corrected chi connectivity index (χ3v) is 2.55. The molecule has 0 aromatic heterocycles. The Morgan fingerprint density at radius 3 is 2.33 bits per heavy atom. The molecule has 84 valence electrons. The molecular weight excluding hydrogens is 186 g/mol. The van der Waals surface area contributed by atoms with Crippen LogP contribution in [0.4, 0.5) is 0 Å². The van der Waals surface area contributed by atoms with Crippen molar-refractivity contribution in [3.63, 3.8) is 0 Å². The Labute approximate surface area is 92.3 Å². The van der Waals surface area contributed by atoms with Gasteiger partial charge in [0.2, 0.25) is 0 Å². The molecule has 1 rings (SSSR count). The minimum absolute atomic E-state index is 0.288. The van der Waals surface area contributed by atoms with Crippen LogP contribution in [-0.2, 0) is 0 Å². The topological polar surface area (TPSA) is 32.3 Å². The highest BCUT2D eigenvalue weighted by molar-refractivity contribution is 5.24. The summed E-state index contributed by atoms with van der Waals surface area (Å²) in [7, 11) is 0. The standard InChI is InChI=1S/C13H21NO/c1-4-13(14-9-11(3)15)12-7-5-10(2)6-8-12/h5-8,11,13-15H,4,9H2,1-3H3/t11-,13-/m1/s1. The van der Waals surface area contributed by atoms with Gasteiger partial charge in [0.1, 0.15) is 0 Å². The molecule has 2 N–H and O–H groups in total. The first kappa shape index (κ1) is 12.2. The highest BCUT2D eigenvalue weighted by Crippen LogP contribution is 2.16. The van der Waals surface area contributed by atoms with Gasteiger partial charge >= 0.3 is 0 Å². The Morgan fingerprint density at radius 2 is 1.87 bits per heavy atom. The molecule has 0 saturated heterocycles. The van der Waals surface area contributed by atoms with Crippen LogP contribution in [0.5, 0.6) is 0 Å². The number of hydrogen-bond acceptors (Lipinski definition) is 2. The SMILES string of the molecule is CC[C@@H](NC[C@@H](C)O)c1ccc(C)cc1. The molecule has 0 fully saturated rings. The molecular formula is C13H21NO. The maximum atomic E-state index is 9.23. The number of rotatable bonds is 5. The molecule has 0 amide bonds. The van der Waals surface area contributed by atoms with Gasteiger partial charge in [-0.15, -0.1) is 0 Å². The van der Waals surface area contributed by atoms with E-state index >= 15 is 0 Å². The Hall–Kier alpha value is -0.860. The minimum atomic E-state index is -0.288. The molecule has 0 aliphatic carbocycles. The molecule has 2 atom stereocenters. The summed E-state index contributed by atoms with van der Waals surface area (Å²) >= 11 is 0. The van der Waals surface area contributed by atoms with Crippen molar-refractivity contribution in [3.05, 3.63) is 35.4 Å². The number of hydrogen-bond donors (Lipinski definition) is 2. The van der Waals surface area contributed by atoms with Crippen LogP contribution in [0.3, 0.4) is 0 Å². The summed E-state index contributed by atoms with van der Waals surface area (Å²) in [5.41, 5.74) is 2.58. The zero-order valence-corrected chi connectivity index (χ0v) is 9.83. The predicted molar refractivity (Wildman–Crippen MR) is 63.9 cm³/mol. The summed E-state index contributed by atoms with van der Waals surface area (Å²) in [4.78, 5) is 0. The lowest BCUT2D eigenvalue weighted by Crippen LogP contribution is -2.28.